The molecular weight excluding hydrogens is 358 g/mol. The van der Waals surface area contributed by atoms with Gasteiger partial charge in [0, 0.05) is 30.1 Å². The first-order valence-electron chi connectivity index (χ1n) is 9.45. The average molecular weight is 383 g/mol. The lowest BCUT2D eigenvalue weighted by molar-refractivity contribution is 0.102. The van der Waals surface area contributed by atoms with Crippen molar-refractivity contribution in [1.82, 2.24) is 5.32 Å². The molecule has 2 aromatic carbocycles. The predicted molar refractivity (Wildman–Crippen MR) is 108 cm³/mol. The molecule has 2 aromatic rings. The Kier molecular flexibility index (Phi) is 6.86. The quantitative estimate of drug-likeness (QED) is 0.681. The maximum Gasteiger partial charge on any atom is 0.319 e. The van der Waals surface area contributed by atoms with Crippen molar-refractivity contribution >= 4 is 23.3 Å². The Hall–Kier alpha value is -3.06. The Bertz CT molecular complexity index is 802. The molecule has 1 saturated heterocycles. The standard InChI is InChI=1S/C21H25N3O4/c1-2-27-18-6-3-5-15(13-18)20(25)23-16-8-10-17(11-9-16)24-21(26)22-14-19-7-4-12-28-19/h3,5-6,8-11,13,19H,2,4,7,12,14H2,1H3,(H,23,25)(H2,22,24,26). The summed E-state index contributed by atoms with van der Waals surface area (Å²) in [4.78, 5) is 24.3. The minimum Gasteiger partial charge on any atom is -0.494 e. The van der Waals surface area contributed by atoms with Crippen LogP contribution in [0, 0.1) is 0 Å². The molecule has 1 unspecified atom stereocenters. The molecule has 3 rings (SSSR count). The van der Waals surface area contributed by atoms with Crippen molar-refractivity contribution in [2.24, 2.45) is 0 Å². The van der Waals surface area contributed by atoms with Crippen LogP contribution in [0.25, 0.3) is 0 Å². The lowest BCUT2D eigenvalue weighted by Crippen LogP contribution is -2.35. The number of urea groups is 1. The lowest BCUT2D eigenvalue weighted by atomic mass is 10.2. The average Bonchev–Trinajstić information content (AvgIpc) is 3.22. The number of carbonyl (C=O) groups excluding carboxylic acids is 2. The van der Waals surface area contributed by atoms with E-state index in [0.29, 0.717) is 35.8 Å². The van der Waals surface area contributed by atoms with E-state index in [1.54, 1.807) is 42.5 Å². The van der Waals surface area contributed by atoms with Crippen molar-refractivity contribution in [3.8, 4) is 5.75 Å². The molecule has 0 saturated carbocycles. The van der Waals surface area contributed by atoms with Crippen molar-refractivity contribution in [2.75, 3.05) is 30.4 Å². The zero-order valence-corrected chi connectivity index (χ0v) is 15.9. The van der Waals surface area contributed by atoms with E-state index in [-0.39, 0.29) is 18.0 Å². The number of nitrogens with one attached hydrogen (secondary N) is 3. The zero-order chi connectivity index (χ0) is 19.8. The van der Waals surface area contributed by atoms with Gasteiger partial charge < -0.3 is 25.4 Å². The smallest absolute Gasteiger partial charge is 0.319 e. The van der Waals surface area contributed by atoms with Crippen LogP contribution < -0.4 is 20.7 Å². The van der Waals surface area contributed by atoms with Crippen LogP contribution in [0.5, 0.6) is 5.75 Å². The molecule has 0 radical (unpaired) electrons. The van der Waals surface area contributed by atoms with E-state index in [0.717, 1.165) is 19.4 Å². The molecule has 3 N–H and O–H groups in total. The molecule has 1 aliphatic heterocycles. The van der Waals surface area contributed by atoms with Gasteiger partial charge in [0.2, 0.25) is 0 Å². The van der Waals surface area contributed by atoms with Crippen LogP contribution in [-0.4, -0.2) is 37.8 Å². The highest BCUT2D eigenvalue weighted by molar-refractivity contribution is 6.04. The van der Waals surface area contributed by atoms with Gasteiger partial charge in [0.15, 0.2) is 0 Å². The van der Waals surface area contributed by atoms with Gasteiger partial charge in [0.1, 0.15) is 5.75 Å². The first-order valence-corrected chi connectivity index (χ1v) is 9.45. The van der Waals surface area contributed by atoms with E-state index in [2.05, 4.69) is 16.0 Å². The lowest BCUT2D eigenvalue weighted by Gasteiger charge is -2.12. The summed E-state index contributed by atoms with van der Waals surface area (Å²) in [5.74, 6) is 0.431. The second kappa shape index (κ2) is 9.75. The highest BCUT2D eigenvalue weighted by Gasteiger charge is 2.16. The number of anilines is 2. The van der Waals surface area contributed by atoms with Crippen molar-refractivity contribution in [1.29, 1.82) is 0 Å². The predicted octanol–water partition coefficient (Wildman–Crippen LogP) is 3.64. The van der Waals surface area contributed by atoms with Gasteiger partial charge >= 0.3 is 6.03 Å². The van der Waals surface area contributed by atoms with E-state index in [1.807, 2.05) is 13.0 Å². The molecule has 3 amide bonds. The summed E-state index contributed by atoms with van der Waals surface area (Å²) in [5, 5.41) is 8.40. The number of amides is 3. The summed E-state index contributed by atoms with van der Waals surface area (Å²) in [6.07, 6.45) is 2.11. The molecule has 28 heavy (non-hydrogen) atoms. The van der Waals surface area contributed by atoms with Crippen LogP contribution in [0.3, 0.4) is 0 Å². The normalized spacial score (nSPS) is 15.7. The molecule has 1 heterocycles. The second-order valence-corrected chi connectivity index (χ2v) is 6.46. The van der Waals surface area contributed by atoms with Crippen LogP contribution in [0.1, 0.15) is 30.1 Å². The Balaban J connectivity index is 1.50. The first kappa shape index (κ1) is 19.7. The highest BCUT2D eigenvalue weighted by atomic mass is 16.5. The number of hydrogen-bond donors (Lipinski definition) is 3. The van der Waals surface area contributed by atoms with Crippen molar-refractivity contribution in [3.63, 3.8) is 0 Å². The van der Waals surface area contributed by atoms with Gasteiger partial charge in [0.25, 0.3) is 5.91 Å². The van der Waals surface area contributed by atoms with Crippen molar-refractivity contribution in [2.45, 2.75) is 25.9 Å². The molecule has 0 spiro atoms. The first-order chi connectivity index (χ1) is 13.6. The number of ether oxygens (including phenoxy) is 2. The minimum atomic E-state index is -0.278. The van der Waals surface area contributed by atoms with Gasteiger partial charge in [-0.05, 0) is 62.2 Å². The minimum absolute atomic E-state index is 0.101. The van der Waals surface area contributed by atoms with Gasteiger partial charge in [-0.2, -0.15) is 0 Å². The van der Waals surface area contributed by atoms with Crippen LogP contribution in [0.15, 0.2) is 48.5 Å². The third kappa shape index (κ3) is 5.72. The van der Waals surface area contributed by atoms with Crippen LogP contribution >= 0.6 is 0 Å². The van der Waals surface area contributed by atoms with Gasteiger partial charge in [0.05, 0.1) is 12.7 Å². The Labute approximate surface area is 164 Å². The SMILES string of the molecule is CCOc1cccc(C(=O)Nc2ccc(NC(=O)NCC3CCCO3)cc2)c1. The molecule has 0 bridgehead atoms. The van der Waals surface area contributed by atoms with E-state index in [1.165, 1.54) is 0 Å². The van der Waals surface area contributed by atoms with Crippen molar-refractivity contribution in [3.05, 3.63) is 54.1 Å². The maximum absolute atomic E-state index is 12.4. The summed E-state index contributed by atoms with van der Waals surface area (Å²) >= 11 is 0. The monoisotopic (exact) mass is 383 g/mol. The molecule has 7 nitrogen and oxygen atoms in total. The number of carbonyl (C=O) groups is 2. The summed E-state index contributed by atoms with van der Waals surface area (Å²) in [5.41, 5.74) is 1.79. The van der Waals surface area contributed by atoms with Gasteiger partial charge in [-0.3, -0.25) is 4.79 Å². The topological polar surface area (TPSA) is 88.7 Å². The van der Waals surface area contributed by atoms with Crippen LogP contribution in [-0.2, 0) is 4.74 Å². The fourth-order valence-electron chi connectivity index (χ4n) is 2.92. The third-order valence-electron chi connectivity index (χ3n) is 4.32. The maximum atomic E-state index is 12.4. The van der Waals surface area contributed by atoms with Gasteiger partial charge in [-0.15, -0.1) is 0 Å². The summed E-state index contributed by atoms with van der Waals surface area (Å²) in [7, 11) is 0. The second-order valence-electron chi connectivity index (χ2n) is 6.46. The number of rotatable bonds is 7. The van der Waals surface area contributed by atoms with Crippen LogP contribution in [0.2, 0.25) is 0 Å². The fourth-order valence-corrected chi connectivity index (χ4v) is 2.92. The summed E-state index contributed by atoms with van der Waals surface area (Å²) in [6, 6.07) is 13.7. The molecule has 1 atom stereocenters. The molecular formula is C21H25N3O4. The molecule has 7 heteroatoms. The summed E-state index contributed by atoms with van der Waals surface area (Å²) < 4.78 is 10.9. The number of benzene rings is 2. The van der Waals surface area contributed by atoms with Crippen LogP contribution in [0.4, 0.5) is 16.2 Å². The summed E-state index contributed by atoms with van der Waals surface area (Å²) in [6.45, 7) is 3.70. The van der Waals surface area contributed by atoms with Gasteiger partial charge in [-0.1, -0.05) is 6.07 Å². The largest absolute Gasteiger partial charge is 0.494 e. The van der Waals surface area contributed by atoms with E-state index in [9.17, 15) is 9.59 Å². The molecule has 0 aliphatic carbocycles. The fraction of sp³-hybridized carbons (Fsp3) is 0.333. The van der Waals surface area contributed by atoms with Crippen molar-refractivity contribution < 1.29 is 19.1 Å². The van der Waals surface area contributed by atoms with E-state index >= 15 is 0 Å². The molecule has 1 fully saturated rings. The Morgan fingerprint density at radius 3 is 2.54 bits per heavy atom. The highest BCUT2D eigenvalue weighted by Crippen LogP contribution is 2.17. The molecule has 1 aliphatic rings. The zero-order valence-electron chi connectivity index (χ0n) is 15.9. The van der Waals surface area contributed by atoms with E-state index < -0.39 is 0 Å². The molecule has 0 aromatic heterocycles. The van der Waals surface area contributed by atoms with E-state index in [4.69, 9.17) is 9.47 Å². The van der Waals surface area contributed by atoms with Gasteiger partial charge in [-0.25, -0.2) is 4.79 Å². The number of hydrogen-bond acceptors (Lipinski definition) is 4. The molecule has 148 valence electrons. The third-order valence-corrected chi connectivity index (χ3v) is 4.32. The Morgan fingerprint density at radius 1 is 1.11 bits per heavy atom. The Morgan fingerprint density at radius 2 is 1.86 bits per heavy atom.